The molecule has 1 aliphatic rings. The molecule has 0 aromatic carbocycles. The van der Waals surface area contributed by atoms with Crippen LogP contribution in [0.5, 0.6) is 5.88 Å². The second-order valence-electron chi connectivity index (χ2n) is 5.50. The molecular formula is C15H24N2O. The SMILES string of the molecule is COc1cc(CNC2C(C)CCCC2C)ccn1. The fourth-order valence-corrected chi connectivity index (χ4v) is 2.99. The Bertz CT molecular complexity index is 371. The zero-order valence-corrected chi connectivity index (χ0v) is 11.6. The number of rotatable bonds is 4. The molecule has 0 saturated heterocycles. The Labute approximate surface area is 110 Å². The van der Waals surface area contributed by atoms with Gasteiger partial charge in [-0.3, -0.25) is 0 Å². The summed E-state index contributed by atoms with van der Waals surface area (Å²) >= 11 is 0. The fraction of sp³-hybridized carbons (Fsp3) is 0.667. The lowest BCUT2D eigenvalue weighted by Gasteiger charge is -2.35. The van der Waals surface area contributed by atoms with Crippen molar-refractivity contribution in [2.75, 3.05) is 7.11 Å². The van der Waals surface area contributed by atoms with E-state index in [1.54, 1.807) is 7.11 Å². The first-order chi connectivity index (χ1) is 8.70. The Morgan fingerprint density at radius 3 is 2.72 bits per heavy atom. The lowest BCUT2D eigenvalue weighted by atomic mass is 9.78. The monoisotopic (exact) mass is 248 g/mol. The third-order valence-corrected chi connectivity index (χ3v) is 4.10. The van der Waals surface area contributed by atoms with Gasteiger partial charge in [0.1, 0.15) is 0 Å². The van der Waals surface area contributed by atoms with Crippen LogP contribution in [-0.2, 0) is 6.54 Å². The van der Waals surface area contributed by atoms with Crippen LogP contribution in [0.15, 0.2) is 18.3 Å². The molecule has 0 amide bonds. The standard InChI is InChI=1S/C15H24N2O/c1-11-5-4-6-12(2)15(11)17-10-13-7-8-16-14(9-13)18-3/h7-9,11-12,15,17H,4-6,10H2,1-3H3. The van der Waals surface area contributed by atoms with E-state index >= 15 is 0 Å². The Morgan fingerprint density at radius 2 is 2.06 bits per heavy atom. The Kier molecular flexibility index (Phi) is 4.59. The van der Waals surface area contributed by atoms with Crippen LogP contribution >= 0.6 is 0 Å². The first kappa shape index (κ1) is 13.3. The van der Waals surface area contributed by atoms with Crippen molar-refractivity contribution in [2.45, 2.75) is 45.7 Å². The summed E-state index contributed by atoms with van der Waals surface area (Å²) in [5.74, 6) is 2.24. The van der Waals surface area contributed by atoms with E-state index < -0.39 is 0 Å². The zero-order chi connectivity index (χ0) is 13.0. The molecule has 1 aromatic heterocycles. The number of hydrogen-bond donors (Lipinski definition) is 1. The maximum atomic E-state index is 5.15. The van der Waals surface area contributed by atoms with Crippen molar-refractivity contribution >= 4 is 0 Å². The van der Waals surface area contributed by atoms with Gasteiger partial charge in [0.25, 0.3) is 0 Å². The Hall–Kier alpha value is -1.09. The van der Waals surface area contributed by atoms with Gasteiger partial charge in [-0.15, -0.1) is 0 Å². The molecule has 0 bridgehead atoms. The molecule has 0 spiro atoms. The van der Waals surface area contributed by atoms with Gasteiger partial charge in [0.2, 0.25) is 5.88 Å². The molecule has 2 unspecified atom stereocenters. The summed E-state index contributed by atoms with van der Waals surface area (Å²) in [6.07, 6.45) is 5.89. The lowest BCUT2D eigenvalue weighted by Crippen LogP contribution is -2.42. The van der Waals surface area contributed by atoms with Crippen LogP contribution in [0.25, 0.3) is 0 Å². The summed E-state index contributed by atoms with van der Waals surface area (Å²) in [5, 5.41) is 3.71. The van der Waals surface area contributed by atoms with Crippen molar-refractivity contribution in [3.63, 3.8) is 0 Å². The van der Waals surface area contributed by atoms with E-state index in [9.17, 15) is 0 Å². The number of nitrogens with one attached hydrogen (secondary N) is 1. The van der Waals surface area contributed by atoms with Gasteiger partial charge in [-0.2, -0.15) is 0 Å². The van der Waals surface area contributed by atoms with Crippen molar-refractivity contribution < 1.29 is 4.74 Å². The third-order valence-electron chi connectivity index (χ3n) is 4.10. The first-order valence-electron chi connectivity index (χ1n) is 6.93. The van der Waals surface area contributed by atoms with Gasteiger partial charge < -0.3 is 10.1 Å². The summed E-state index contributed by atoms with van der Waals surface area (Å²) in [4.78, 5) is 4.13. The van der Waals surface area contributed by atoms with Crippen molar-refractivity contribution in [2.24, 2.45) is 11.8 Å². The highest BCUT2D eigenvalue weighted by Crippen LogP contribution is 2.29. The van der Waals surface area contributed by atoms with Gasteiger partial charge in [0.15, 0.2) is 0 Å². The highest BCUT2D eigenvalue weighted by atomic mass is 16.5. The van der Waals surface area contributed by atoms with Crippen LogP contribution in [0, 0.1) is 11.8 Å². The number of pyridine rings is 1. The number of aromatic nitrogens is 1. The highest BCUT2D eigenvalue weighted by molar-refractivity contribution is 5.20. The van der Waals surface area contributed by atoms with Gasteiger partial charge in [-0.05, 0) is 36.3 Å². The minimum atomic E-state index is 0.637. The van der Waals surface area contributed by atoms with Gasteiger partial charge in [0, 0.05) is 24.8 Å². The lowest BCUT2D eigenvalue weighted by molar-refractivity contribution is 0.207. The maximum absolute atomic E-state index is 5.15. The molecule has 1 saturated carbocycles. The fourth-order valence-electron chi connectivity index (χ4n) is 2.99. The summed E-state index contributed by atoms with van der Waals surface area (Å²) in [6, 6.07) is 4.69. The molecule has 3 heteroatoms. The number of hydrogen-bond acceptors (Lipinski definition) is 3. The minimum Gasteiger partial charge on any atom is -0.481 e. The van der Waals surface area contributed by atoms with Crippen LogP contribution in [0.4, 0.5) is 0 Å². The van der Waals surface area contributed by atoms with Crippen molar-refractivity contribution in [1.82, 2.24) is 10.3 Å². The van der Waals surface area contributed by atoms with E-state index in [-0.39, 0.29) is 0 Å². The topological polar surface area (TPSA) is 34.1 Å². The molecule has 1 aliphatic carbocycles. The molecule has 1 heterocycles. The molecule has 3 nitrogen and oxygen atoms in total. The van der Waals surface area contributed by atoms with E-state index in [1.807, 2.05) is 18.3 Å². The molecule has 2 rings (SSSR count). The van der Waals surface area contributed by atoms with E-state index in [2.05, 4.69) is 24.1 Å². The molecular weight excluding hydrogens is 224 g/mol. The van der Waals surface area contributed by atoms with E-state index in [1.165, 1.54) is 24.8 Å². The van der Waals surface area contributed by atoms with Crippen LogP contribution in [0.1, 0.15) is 38.7 Å². The molecule has 1 N–H and O–H groups in total. The van der Waals surface area contributed by atoms with E-state index in [0.717, 1.165) is 18.4 Å². The van der Waals surface area contributed by atoms with Crippen LogP contribution < -0.4 is 10.1 Å². The average molecular weight is 248 g/mol. The normalized spacial score (nSPS) is 28.1. The van der Waals surface area contributed by atoms with Crippen molar-refractivity contribution in [1.29, 1.82) is 0 Å². The maximum Gasteiger partial charge on any atom is 0.213 e. The summed E-state index contributed by atoms with van der Waals surface area (Å²) in [6.45, 7) is 5.62. The van der Waals surface area contributed by atoms with Gasteiger partial charge in [0.05, 0.1) is 7.11 Å². The van der Waals surface area contributed by atoms with E-state index in [0.29, 0.717) is 11.9 Å². The second kappa shape index (κ2) is 6.19. The zero-order valence-electron chi connectivity index (χ0n) is 11.6. The molecule has 0 radical (unpaired) electrons. The smallest absolute Gasteiger partial charge is 0.213 e. The highest BCUT2D eigenvalue weighted by Gasteiger charge is 2.26. The molecule has 1 aromatic rings. The minimum absolute atomic E-state index is 0.637. The van der Waals surface area contributed by atoms with Gasteiger partial charge in [-0.1, -0.05) is 20.3 Å². The predicted molar refractivity (Wildman–Crippen MR) is 73.6 cm³/mol. The molecule has 1 fully saturated rings. The molecule has 0 aliphatic heterocycles. The molecule has 2 atom stereocenters. The largest absolute Gasteiger partial charge is 0.481 e. The number of nitrogens with zero attached hydrogens (tertiary/aromatic N) is 1. The van der Waals surface area contributed by atoms with Crippen LogP contribution in [0.3, 0.4) is 0 Å². The predicted octanol–water partition coefficient (Wildman–Crippen LogP) is 3.00. The second-order valence-corrected chi connectivity index (χ2v) is 5.50. The van der Waals surface area contributed by atoms with Crippen molar-refractivity contribution in [3.8, 4) is 5.88 Å². The van der Waals surface area contributed by atoms with Crippen LogP contribution in [-0.4, -0.2) is 18.1 Å². The third kappa shape index (κ3) is 3.22. The Balaban J connectivity index is 1.93. The summed E-state index contributed by atoms with van der Waals surface area (Å²) < 4.78 is 5.15. The first-order valence-corrected chi connectivity index (χ1v) is 6.93. The number of ether oxygens (including phenoxy) is 1. The van der Waals surface area contributed by atoms with E-state index in [4.69, 9.17) is 4.74 Å². The van der Waals surface area contributed by atoms with Crippen LogP contribution in [0.2, 0.25) is 0 Å². The Morgan fingerprint density at radius 1 is 1.33 bits per heavy atom. The quantitative estimate of drug-likeness (QED) is 0.889. The van der Waals surface area contributed by atoms with Crippen molar-refractivity contribution in [3.05, 3.63) is 23.9 Å². The van der Waals surface area contributed by atoms with Gasteiger partial charge >= 0.3 is 0 Å². The molecule has 100 valence electrons. The summed E-state index contributed by atoms with van der Waals surface area (Å²) in [5.41, 5.74) is 1.24. The molecule has 18 heavy (non-hydrogen) atoms. The number of methoxy groups -OCH3 is 1. The van der Waals surface area contributed by atoms with Gasteiger partial charge in [-0.25, -0.2) is 4.98 Å². The summed E-state index contributed by atoms with van der Waals surface area (Å²) in [7, 11) is 1.66. The average Bonchev–Trinajstić information content (AvgIpc) is 2.38.